The van der Waals surface area contributed by atoms with Gasteiger partial charge in [-0.15, -0.1) is 11.8 Å². The molecule has 5 heteroatoms. The molecule has 2 aromatic heterocycles. The van der Waals surface area contributed by atoms with Crippen LogP contribution in [0, 0.1) is 11.3 Å². The Morgan fingerprint density at radius 2 is 2.40 bits per heavy atom. The summed E-state index contributed by atoms with van der Waals surface area (Å²) >= 11 is 2.84. The van der Waals surface area contributed by atoms with Crippen LogP contribution in [0.25, 0.3) is 10.4 Å². The molecule has 0 aliphatic carbocycles. The first kappa shape index (κ1) is 10.1. The summed E-state index contributed by atoms with van der Waals surface area (Å²) in [6, 6.07) is 5.98. The van der Waals surface area contributed by atoms with E-state index < -0.39 is 0 Å². The molecule has 2 heterocycles. The van der Waals surface area contributed by atoms with Crippen molar-refractivity contribution in [3.8, 4) is 16.5 Å². The molecule has 0 spiro atoms. The fraction of sp³-hybridized carbons (Fsp3) is 0.100. The van der Waals surface area contributed by atoms with Crippen LogP contribution < -0.4 is 0 Å². The van der Waals surface area contributed by atoms with Crippen molar-refractivity contribution in [1.29, 1.82) is 5.26 Å². The van der Waals surface area contributed by atoms with Gasteiger partial charge < -0.3 is 0 Å². The molecule has 0 atom stereocenters. The van der Waals surface area contributed by atoms with Crippen LogP contribution in [0.2, 0.25) is 0 Å². The van der Waals surface area contributed by atoms with Gasteiger partial charge in [-0.2, -0.15) is 9.64 Å². The Morgan fingerprint density at radius 1 is 1.53 bits per heavy atom. The van der Waals surface area contributed by atoms with Crippen LogP contribution in [0.3, 0.4) is 0 Å². The smallest absolute Gasteiger partial charge is 0.128 e. The highest BCUT2D eigenvalue weighted by Gasteiger charge is 2.13. The Hall–Kier alpha value is -1.38. The number of hydrogen-bond donors (Lipinski definition) is 0. The summed E-state index contributed by atoms with van der Waals surface area (Å²) in [5.41, 5.74) is 1.60. The Morgan fingerprint density at radius 3 is 3.00 bits per heavy atom. The third-order valence-corrected chi connectivity index (χ3v) is 3.58. The highest BCUT2D eigenvalue weighted by atomic mass is 32.2. The Bertz CT molecular complexity index is 499. The van der Waals surface area contributed by atoms with E-state index in [1.165, 1.54) is 23.3 Å². The summed E-state index contributed by atoms with van der Waals surface area (Å²) in [6.45, 7) is 0. The van der Waals surface area contributed by atoms with Gasteiger partial charge in [0.1, 0.15) is 16.7 Å². The zero-order valence-corrected chi connectivity index (χ0v) is 9.60. The van der Waals surface area contributed by atoms with Crippen molar-refractivity contribution in [2.24, 2.45) is 0 Å². The van der Waals surface area contributed by atoms with Crippen LogP contribution in [0.15, 0.2) is 29.6 Å². The van der Waals surface area contributed by atoms with Crippen LogP contribution >= 0.6 is 23.3 Å². The van der Waals surface area contributed by atoms with Crippen LogP contribution in [0.1, 0.15) is 5.56 Å². The van der Waals surface area contributed by atoms with Crippen molar-refractivity contribution >= 4 is 23.3 Å². The molecular weight excluding hydrogens is 226 g/mol. The van der Waals surface area contributed by atoms with Crippen molar-refractivity contribution in [3.05, 3.63) is 30.1 Å². The lowest BCUT2D eigenvalue weighted by atomic mass is 10.2. The Kier molecular flexibility index (Phi) is 2.99. The van der Waals surface area contributed by atoms with Gasteiger partial charge >= 0.3 is 0 Å². The van der Waals surface area contributed by atoms with E-state index in [1.807, 2.05) is 18.4 Å². The quantitative estimate of drug-likeness (QED) is 0.748. The van der Waals surface area contributed by atoms with Crippen LogP contribution in [-0.4, -0.2) is 15.6 Å². The molecule has 0 N–H and O–H groups in total. The number of thioether (sulfide) groups is 1. The minimum Gasteiger partial charge on any atom is -0.264 e. The molecule has 0 fully saturated rings. The van der Waals surface area contributed by atoms with Crippen LogP contribution in [0.5, 0.6) is 0 Å². The maximum Gasteiger partial charge on any atom is 0.128 e. The van der Waals surface area contributed by atoms with E-state index in [0.717, 1.165) is 15.5 Å². The average Bonchev–Trinajstić information content (AvgIpc) is 2.72. The molecule has 2 rings (SSSR count). The lowest BCUT2D eigenvalue weighted by Gasteiger charge is -1.95. The molecule has 15 heavy (non-hydrogen) atoms. The fourth-order valence-electron chi connectivity index (χ4n) is 1.21. The predicted molar refractivity (Wildman–Crippen MR) is 61.8 cm³/mol. The summed E-state index contributed by atoms with van der Waals surface area (Å²) in [6.07, 6.45) is 5.38. The molecule has 2 aromatic rings. The van der Waals surface area contributed by atoms with Crippen molar-refractivity contribution in [2.45, 2.75) is 5.03 Å². The van der Waals surface area contributed by atoms with Crippen molar-refractivity contribution in [3.63, 3.8) is 0 Å². The van der Waals surface area contributed by atoms with E-state index >= 15 is 0 Å². The minimum absolute atomic E-state index is 0.653. The van der Waals surface area contributed by atoms with Crippen LogP contribution in [-0.2, 0) is 0 Å². The maximum absolute atomic E-state index is 9.06. The Labute approximate surface area is 96.0 Å². The van der Waals surface area contributed by atoms with Gasteiger partial charge in [-0.1, -0.05) is 6.07 Å². The number of aromatic nitrogens is 2. The zero-order valence-electron chi connectivity index (χ0n) is 7.97. The van der Waals surface area contributed by atoms with Gasteiger partial charge in [0.2, 0.25) is 0 Å². The van der Waals surface area contributed by atoms with E-state index in [2.05, 4.69) is 15.4 Å². The number of nitrogens with zero attached hydrogens (tertiary/aromatic N) is 3. The Balaban J connectivity index is 2.55. The van der Waals surface area contributed by atoms with Crippen molar-refractivity contribution in [2.75, 3.05) is 6.26 Å². The first-order valence-electron chi connectivity index (χ1n) is 4.21. The summed E-state index contributed by atoms with van der Waals surface area (Å²) in [4.78, 5) is 4.93. The van der Waals surface area contributed by atoms with E-state index in [1.54, 1.807) is 12.4 Å². The van der Waals surface area contributed by atoms with E-state index in [4.69, 9.17) is 5.26 Å². The third-order valence-electron chi connectivity index (χ3n) is 1.89. The third kappa shape index (κ3) is 1.87. The normalized spacial score (nSPS) is 9.87. The minimum atomic E-state index is 0.653. The standard InChI is InChI=1S/C10H7N3S2/c1-14-10-8(5-11)9(15-13-10)7-3-2-4-12-6-7/h2-4,6H,1H3. The molecule has 0 radical (unpaired) electrons. The van der Waals surface area contributed by atoms with Crippen molar-refractivity contribution in [1.82, 2.24) is 9.36 Å². The summed E-state index contributed by atoms with van der Waals surface area (Å²) in [5, 5.41) is 9.86. The SMILES string of the molecule is CSc1nsc(-c2cccnc2)c1C#N. The van der Waals surface area contributed by atoms with Gasteiger partial charge in [-0.05, 0) is 23.9 Å². The van der Waals surface area contributed by atoms with E-state index in [0.29, 0.717) is 5.56 Å². The number of hydrogen-bond acceptors (Lipinski definition) is 5. The van der Waals surface area contributed by atoms with E-state index in [9.17, 15) is 0 Å². The van der Waals surface area contributed by atoms with Gasteiger partial charge in [0.25, 0.3) is 0 Å². The highest BCUT2D eigenvalue weighted by molar-refractivity contribution is 7.98. The molecule has 0 saturated heterocycles. The van der Waals surface area contributed by atoms with Gasteiger partial charge in [0.15, 0.2) is 0 Å². The van der Waals surface area contributed by atoms with Crippen LogP contribution in [0.4, 0.5) is 0 Å². The van der Waals surface area contributed by atoms with Gasteiger partial charge in [-0.3, -0.25) is 4.98 Å². The molecule has 0 aromatic carbocycles. The zero-order chi connectivity index (χ0) is 10.7. The second-order valence-corrected chi connectivity index (χ2v) is 4.32. The van der Waals surface area contributed by atoms with E-state index in [-0.39, 0.29) is 0 Å². The summed E-state index contributed by atoms with van der Waals surface area (Å²) in [5.74, 6) is 0. The monoisotopic (exact) mass is 233 g/mol. The number of pyridine rings is 1. The first-order chi connectivity index (χ1) is 7.36. The molecule has 0 aliphatic heterocycles. The summed E-state index contributed by atoms with van der Waals surface area (Å²) in [7, 11) is 0. The number of rotatable bonds is 2. The second kappa shape index (κ2) is 4.43. The molecule has 0 unspecified atom stereocenters. The fourth-order valence-corrected chi connectivity index (χ4v) is 2.76. The second-order valence-electron chi connectivity index (χ2n) is 2.75. The molecule has 74 valence electrons. The highest BCUT2D eigenvalue weighted by Crippen LogP contribution is 2.33. The molecule has 3 nitrogen and oxygen atoms in total. The molecule has 0 bridgehead atoms. The summed E-state index contributed by atoms with van der Waals surface area (Å²) < 4.78 is 4.24. The lowest BCUT2D eigenvalue weighted by molar-refractivity contribution is 1.26. The van der Waals surface area contributed by atoms with Gasteiger partial charge in [0, 0.05) is 18.0 Å². The lowest BCUT2D eigenvalue weighted by Crippen LogP contribution is -1.80. The molecular formula is C10H7N3S2. The largest absolute Gasteiger partial charge is 0.264 e. The van der Waals surface area contributed by atoms with Gasteiger partial charge in [-0.25, -0.2) is 0 Å². The average molecular weight is 233 g/mol. The first-order valence-corrected chi connectivity index (χ1v) is 6.20. The van der Waals surface area contributed by atoms with Gasteiger partial charge in [0.05, 0.1) is 4.88 Å². The predicted octanol–water partition coefficient (Wildman–Crippen LogP) is 2.80. The molecule has 0 aliphatic rings. The molecule has 0 saturated carbocycles. The molecule has 0 amide bonds. The van der Waals surface area contributed by atoms with Crippen molar-refractivity contribution < 1.29 is 0 Å². The topological polar surface area (TPSA) is 49.6 Å². The number of nitriles is 1. The maximum atomic E-state index is 9.06.